The van der Waals surface area contributed by atoms with Gasteiger partial charge in [0.15, 0.2) is 0 Å². The summed E-state index contributed by atoms with van der Waals surface area (Å²) in [5.74, 6) is 0. The van der Waals surface area contributed by atoms with Gasteiger partial charge < -0.3 is 0 Å². The Bertz CT molecular complexity index is 589. The smallest absolute Gasteiger partial charge is 0.0672 e. The molecule has 84 valence electrons. The highest BCUT2D eigenvalue weighted by molar-refractivity contribution is 5.54. The zero-order valence-electron chi connectivity index (χ0n) is 9.90. The summed E-state index contributed by atoms with van der Waals surface area (Å²) in [5.41, 5.74) is 5.88. The molecule has 0 aromatic heterocycles. The largest absolute Gasteiger partial charge is 0.297 e. The first-order valence-corrected chi connectivity index (χ1v) is 6.24. The fourth-order valence-electron chi connectivity index (χ4n) is 3.55. The molecule has 2 aromatic carbocycles. The van der Waals surface area contributed by atoms with Crippen LogP contribution in [-0.4, -0.2) is 0 Å². The number of nitrogens with one attached hydrogen (secondary N) is 1. The lowest BCUT2D eigenvalue weighted by Crippen LogP contribution is -2.41. The zero-order chi connectivity index (χ0) is 11.5. The van der Waals surface area contributed by atoms with E-state index in [1.54, 1.807) is 0 Å². The molecule has 1 N–H and O–H groups in total. The third-order valence-corrected chi connectivity index (χ3v) is 4.32. The van der Waals surface area contributed by atoms with Crippen molar-refractivity contribution in [2.75, 3.05) is 0 Å². The van der Waals surface area contributed by atoms with Crippen LogP contribution in [0.15, 0.2) is 48.5 Å². The number of hydrogen-bond donors (Lipinski definition) is 1. The molecule has 0 aliphatic carbocycles. The molecule has 17 heavy (non-hydrogen) atoms. The fraction of sp³-hybridized carbons (Fsp3) is 0.250. The average Bonchev–Trinajstić information content (AvgIpc) is 2.61. The summed E-state index contributed by atoms with van der Waals surface area (Å²) in [6.07, 6.45) is 1.11. The van der Waals surface area contributed by atoms with Gasteiger partial charge in [0, 0.05) is 6.04 Å². The van der Waals surface area contributed by atoms with E-state index in [4.69, 9.17) is 0 Å². The highest BCUT2D eigenvalue weighted by atomic mass is 15.1. The van der Waals surface area contributed by atoms with Gasteiger partial charge in [0.2, 0.25) is 0 Å². The molecule has 1 nitrogen and oxygen atoms in total. The highest BCUT2D eigenvalue weighted by Crippen LogP contribution is 2.47. The van der Waals surface area contributed by atoms with Crippen molar-refractivity contribution in [2.24, 2.45) is 0 Å². The molecule has 0 radical (unpaired) electrons. The van der Waals surface area contributed by atoms with E-state index >= 15 is 0 Å². The van der Waals surface area contributed by atoms with Gasteiger partial charge in [-0.25, -0.2) is 0 Å². The summed E-state index contributed by atoms with van der Waals surface area (Å²) in [6.45, 7) is 2.31. The van der Waals surface area contributed by atoms with Gasteiger partial charge >= 0.3 is 0 Å². The molecule has 2 atom stereocenters. The first-order chi connectivity index (χ1) is 8.29. The van der Waals surface area contributed by atoms with E-state index < -0.39 is 0 Å². The number of fused-ring (bicyclic) bond motifs is 7. The monoisotopic (exact) mass is 221 g/mol. The quantitative estimate of drug-likeness (QED) is 0.720. The fourth-order valence-corrected chi connectivity index (χ4v) is 3.55. The van der Waals surface area contributed by atoms with Crippen LogP contribution in [0, 0.1) is 0 Å². The second-order valence-electron chi connectivity index (χ2n) is 5.27. The van der Waals surface area contributed by atoms with Crippen LogP contribution in [0.3, 0.4) is 0 Å². The van der Waals surface area contributed by atoms with Crippen LogP contribution in [0.4, 0.5) is 0 Å². The van der Waals surface area contributed by atoms with Gasteiger partial charge in [0.25, 0.3) is 0 Å². The molecular weight excluding hydrogens is 206 g/mol. The van der Waals surface area contributed by atoms with Crippen molar-refractivity contribution < 1.29 is 0 Å². The first-order valence-electron chi connectivity index (χ1n) is 6.24. The summed E-state index contributed by atoms with van der Waals surface area (Å²) >= 11 is 0. The maximum atomic E-state index is 3.79. The molecule has 2 aromatic rings. The third-order valence-electron chi connectivity index (χ3n) is 4.32. The maximum absolute atomic E-state index is 3.79. The minimum absolute atomic E-state index is 0.0100. The van der Waals surface area contributed by atoms with Crippen LogP contribution in [0.5, 0.6) is 0 Å². The van der Waals surface area contributed by atoms with Gasteiger partial charge in [-0.05, 0) is 35.6 Å². The zero-order valence-corrected chi connectivity index (χ0v) is 9.90. The summed E-state index contributed by atoms with van der Waals surface area (Å²) < 4.78 is 0. The standard InChI is InChI=1S/C16H15N/c1-16-13-8-4-2-6-11(13)10-15(17-16)12-7-3-5-9-14(12)16/h2-9,15,17H,10H2,1H3/t15-,16+/m0/s1. The average molecular weight is 221 g/mol. The Morgan fingerprint density at radius 2 is 1.71 bits per heavy atom. The van der Waals surface area contributed by atoms with E-state index in [1.165, 1.54) is 22.3 Å². The summed E-state index contributed by atoms with van der Waals surface area (Å²) in [5, 5.41) is 3.79. The van der Waals surface area contributed by atoms with Gasteiger partial charge in [0.1, 0.15) is 0 Å². The van der Waals surface area contributed by atoms with Crippen LogP contribution in [0.25, 0.3) is 0 Å². The molecule has 2 bridgehead atoms. The Balaban J connectivity index is 2.05. The lowest BCUT2D eigenvalue weighted by atomic mass is 9.82. The van der Waals surface area contributed by atoms with Crippen molar-refractivity contribution >= 4 is 0 Å². The molecular formula is C16H15N. The molecule has 2 aliphatic rings. The first kappa shape index (κ1) is 9.43. The lowest BCUT2D eigenvalue weighted by molar-refractivity contribution is 0.389. The van der Waals surface area contributed by atoms with Crippen LogP contribution >= 0.6 is 0 Å². The molecule has 2 aliphatic heterocycles. The van der Waals surface area contributed by atoms with E-state index in [-0.39, 0.29) is 5.54 Å². The van der Waals surface area contributed by atoms with E-state index in [0.717, 1.165) is 6.42 Å². The van der Waals surface area contributed by atoms with Gasteiger partial charge in [0.05, 0.1) is 5.54 Å². The molecule has 0 fully saturated rings. The Hall–Kier alpha value is -1.60. The van der Waals surface area contributed by atoms with Crippen molar-refractivity contribution in [1.29, 1.82) is 0 Å². The Morgan fingerprint density at radius 1 is 1.00 bits per heavy atom. The van der Waals surface area contributed by atoms with Crippen molar-refractivity contribution in [3.05, 3.63) is 70.8 Å². The van der Waals surface area contributed by atoms with Gasteiger partial charge in [-0.1, -0.05) is 48.5 Å². The van der Waals surface area contributed by atoms with Gasteiger partial charge in [-0.15, -0.1) is 0 Å². The van der Waals surface area contributed by atoms with Crippen molar-refractivity contribution in [3.8, 4) is 0 Å². The predicted molar refractivity (Wildman–Crippen MR) is 68.9 cm³/mol. The van der Waals surface area contributed by atoms with Crippen LogP contribution < -0.4 is 5.32 Å². The van der Waals surface area contributed by atoms with Gasteiger partial charge in [-0.2, -0.15) is 0 Å². The van der Waals surface area contributed by atoms with Crippen LogP contribution in [0.2, 0.25) is 0 Å². The minimum atomic E-state index is 0.0100. The Labute approximate surface area is 101 Å². The van der Waals surface area contributed by atoms with E-state index in [0.29, 0.717) is 6.04 Å². The van der Waals surface area contributed by atoms with Crippen LogP contribution in [-0.2, 0) is 12.0 Å². The highest BCUT2D eigenvalue weighted by Gasteiger charge is 2.45. The SMILES string of the molecule is C[C@@]12N[C@@H](Cc3ccccc31)c1ccccc12. The van der Waals surface area contributed by atoms with Gasteiger partial charge in [-0.3, -0.25) is 5.32 Å². The summed E-state index contributed by atoms with van der Waals surface area (Å²) in [4.78, 5) is 0. The molecule has 2 heterocycles. The maximum Gasteiger partial charge on any atom is 0.0672 e. The Kier molecular flexibility index (Phi) is 1.66. The van der Waals surface area contributed by atoms with E-state index in [1.807, 2.05) is 0 Å². The molecule has 0 amide bonds. The normalized spacial score (nSPS) is 28.6. The minimum Gasteiger partial charge on any atom is -0.297 e. The molecule has 4 rings (SSSR count). The number of hydrogen-bond acceptors (Lipinski definition) is 1. The van der Waals surface area contributed by atoms with E-state index in [9.17, 15) is 0 Å². The molecule has 0 saturated carbocycles. The molecule has 1 heteroatoms. The number of rotatable bonds is 0. The third kappa shape index (κ3) is 1.07. The predicted octanol–water partition coefficient (Wildman–Crippen LogP) is 3.15. The van der Waals surface area contributed by atoms with E-state index in [2.05, 4.69) is 60.8 Å². The Morgan fingerprint density at radius 3 is 2.59 bits per heavy atom. The summed E-state index contributed by atoms with van der Waals surface area (Å²) in [7, 11) is 0. The second kappa shape index (κ2) is 2.99. The molecule has 0 saturated heterocycles. The van der Waals surface area contributed by atoms with Crippen molar-refractivity contribution in [3.63, 3.8) is 0 Å². The van der Waals surface area contributed by atoms with Crippen molar-refractivity contribution in [2.45, 2.75) is 24.9 Å². The van der Waals surface area contributed by atoms with Crippen LogP contribution in [0.1, 0.15) is 35.2 Å². The lowest BCUT2D eigenvalue weighted by Gasteiger charge is -2.34. The summed E-state index contributed by atoms with van der Waals surface area (Å²) in [6, 6.07) is 18.2. The van der Waals surface area contributed by atoms with Crippen molar-refractivity contribution in [1.82, 2.24) is 5.32 Å². The molecule has 0 spiro atoms. The topological polar surface area (TPSA) is 12.0 Å². The second-order valence-corrected chi connectivity index (χ2v) is 5.27. The number of benzene rings is 2. The molecule has 0 unspecified atom stereocenters.